The number of carbonyl (C=O) groups excluding carboxylic acids is 2. The summed E-state index contributed by atoms with van der Waals surface area (Å²) < 4.78 is 5.09. The Balaban J connectivity index is 1.53. The van der Waals surface area contributed by atoms with E-state index in [1.165, 1.54) is 35.3 Å². The van der Waals surface area contributed by atoms with Crippen LogP contribution in [0.2, 0.25) is 0 Å². The van der Waals surface area contributed by atoms with E-state index in [9.17, 15) is 9.59 Å². The van der Waals surface area contributed by atoms with Crippen LogP contribution in [0.3, 0.4) is 0 Å². The zero-order chi connectivity index (χ0) is 17.8. The first-order valence-electron chi connectivity index (χ1n) is 8.67. The molecule has 4 nitrogen and oxygen atoms in total. The predicted octanol–water partition coefficient (Wildman–Crippen LogP) is 3.97. The molecule has 5 heteroatoms. The summed E-state index contributed by atoms with van der Waals surface area (Å²) >= 11 is 1.37. The second kappa shape index (κ2) is 7.83. The van der Waals surface area contributed by atoms with Crippen molar-refractivity contribution in [2.75, 3.05) is 6.61 Å². The van der Waals surface area contributed by atoms with Gasteiger partial charge in [-0.2, -0.15) is 0 Å². The van der Waals surface area contributed by atoms with Crippen LogP contribution >= 0.6 is 11.3 Å². The summed E-state index contributed by atoms with van der Waals surface area (Å²) in [6.45, 7) is 3.62. The van der Waals surface area contributed by atoms with Crippen molar-refractivity contribution >= 4 is 23.2 Å². The van der Waals surface area contributed by atoms with Gasteiger partial charge in [0.1, 0.15) is 4.88 Å². The van der Waals surface area contributed by atoms with Crippen LogP contribution in [0.4, 0.5) is 0 Å². The smallest absolute Gasteiger partial charge is 0.348 e. The number of rotatable bonds is 5. The highest BCUT2D eigenvalue weighted by Gasteiger charge is 2.16. The van der Waals surface area contributed by atoms with E-state index in [4.69, 9.17) is 4.74 Å². The lowest BCUT2D eigenvalue weighted by Gasteiger charge is -2.20. The summed E-state index contributed by atoms with van der Waals surface area (Å²) in [5.41, 5.74) is 3.91. The number of hydrogen-bond acceptors (Lipinski definition) is 4. The van der Waals surface area contributed by atoms with Crippen LogP contribution in [0.25, 0.3) is 0 Å². The molecule has 0 saturated heterocycles. The molecule has 1 heterocycles. The summed E-state index contributed by atoms with van der Waals surface area (Å²) in [5.74, 6) is -0.735. The molecule has 1 amide bonds. The van der Waals surface area contributed by atoms with Crippen molar-refractivity contribution < 1.29 is 14.3 Å². The maximum Gasteiger partial charge on any atom is 0.348 e. The summed E-state index contributed by atoms with van der Waals surface area (Å²) in [7, 11) is 0. The van der Waals surface area contributed by atoms with Gasteiger partial charge in [-0.05, 0) is 68.4 Å². The zero-order valence-electron chi connectivity index (χ0n) is 14.6. The van der Waals surface area contributed by atoms with Gasteiger partial charge in [0.15, 0.2) is 6.61 Å². The third kappa shape index (κ3) is 4.48. The average Bonchev–Trinajstić information content (AvgIpc) is 3.05. The highest BCUT2D eigenvalue weighted by atomic mass is 32.1. The number of hydrogen-bond donors (Lipinski definition) is 1. The highest BCUT2D eigenvalue weighted by Crippen LogP contribution is 2.24. The van der Waals surface area contributed by atoms with E-state index in [0.717, 1.165) is 23.3 Å². The van der Waals surface area contributed by atoms with Crippen LogP contribution in [-0.4, -0.2) is 18.5 Å². The third-order valence-electron chi connectivity index (χ3n) is 4.53. The zero-order valence-corrected chi connectivity index (χ0v) is 15.4. The Bertz CT molecular complexity index is 781. The Morgan fingerprint density at radius 2 is 1.92 bits per heavy atom. The molecule has 2 aromatic rings. The molecule has 1 N–H and O–H groups in total. The first kappa shape index (κ1) is 17.7. The Labute approximate surface area is 152 Å². The molecule has 0 radical (unpaired) electrons. The second-order valence-corrected chi connectivity index (χ2v) is 7.80. The van der Waals surface area contributed by atoms with Gasteiger partial charge >= 0.3 is 5.97 Å². The van der Waals surface area contributed by atoms with Crippen LogP contribution in [0.1, 0.15) is 57.0 Å². The fourth-order valence-corrected chi connectivity index (χ4v) is 3.90. The largest absolute Gasteiger partial charge is 0.451 e. The Hall–Kier alpha value is -2.14. The summed E-state index contributed by atoms with van der Waals surface area (Å²) in [6, 6.07) is 9.92. The number of esters is 1. The van der Waals surface area contributed by atoms with E-state index in [2.05, 4.69) is 23.5 Å². The van der Waals surface area contributed by atoms with Gasteiger partial charge in [0.2, 0.25) is 0 Å². The summed E-state index contributed by atoms with van der Waals surface area (Å²) in [6.07, 6.45) is 4.75. The first-order valence-corrected chi connectivity index (χ1v) is 9.49. The van der Waals surface area contributed by atoms with Crippen molar-refractivity contribution in [3.63, 3.8) is 0 Å². The van der Waals surface area contributed by atoms with E-state index >= 15 is 0 Å². The number of carbonyl (C=O) groups is 2. The normalized spacial score (nSPS) is 14.5. The van der Waals surface area contributed by atoms with Gasteiger partial charge in [0.05, 0.1) is 6.04 Å². The van der Waals surface area contributed by atoms with Gasteiger partial charge in [0.25, 0.3) is 5.91 Å². The van der Waals surface area contributed by atoms with Gasteiger partial charge in [0, 0.05) is 4.88 Å². The standard InChI is InChI=1S/C20H23NO3S/c1-13-7-10-18(25-13)20(23)24-12-19(22)21-14(2)16-9-8-15-5-3-4-6-17(15)11-16/h7-11,14H,3-6,12H2,1-2H3,(H,21,22)/t14-/m0/s1. The molecule has 1 aromatic carbocycles. The third-order valence-corrected chi connectivity index (χ3v) is 5.51. The van der Waals surface area contributed by atoms with Crippen LogP contribution in [-0.2, 0) is 22.4 Å². The van der Waals surface area contributed by atoms with Crippen LogP contribution in [0.15, 0.2) is 30.3 Å². The van der Waals surface area contributed by atoms with Crippen molar-refractivity contribution in [2.45, 2.75) is 45.6 Å². The molecule has 0 saturated carbocycles. The van der Waals surface area contributed by atoms with E-state index in [1.807, 2.05) is 19.9 Å². The molecule has 0 unspecified atom stereocenters. The molecule has 0 fully saturated rings. The minimum Gasteiger partial charge on any atom is -0.451 e. The molecule has 1 aromatic heterocycles. The SMILES string of the molecule is Cc1ccc(C(=O)OCC(=O)N[C@@H](C)c2ccc3c(c2)CCCC3)s1. The number of fused-ring (bicyclic) bond motifs is 1. The minimum absolute atomic E-state index is 0.109. The van der Waals surface area contributed by atoms with E-state index in [-0.39, 0.29) is 18.6 Å². The van der Waals surface area contributed by atoms with Gasteiger partial charge in [-0.3, -0.25) is 4.79 Å². The molecule has 1 aliphatic carbocycles. The number of thiophene rings is 1. The Morgan fingerprint density at radius 1 is 1.16 bits per heavy atom. The molecule has 0 aliphatic heterocycles. The monoisotopic (exact) mass is 357 g/mol. The lowest BCUT2D eigenvalue weighted by molar-refractivity contribution is -0.124. The topological polar surface area (TPSA) is 55.4 Å². The van der Waals surface area contributed by atoms with E-state index < -0.39 is 5.97 Å². The number of nitrogens with one attached hydrogen (secondary N) is 1. The quantitative estimate of drug-likeness (QED) is 0.824. The molecule has 1 aliphatic rings. The van der Waals surface area contributed by atoms with Gasteiger partial charge < -0.3 is 10.1 Å². The van der Waals surface area contributed by atoms with Crippen LogP contribution in [0.5, 0.6) is 0 Å². The molecule has 0 spiro atoms. The number of aryl methyl sites for hydroxylation is 3. The Morgan fingerprint density at radius 3 is 2.64 bits per heavy atom. The fraction of sp³-hybridized carbons (Fsp3) is 0.400. The van der Waals surface area contributed by atoms with Crippen LogP contribution < -0.4 is 5.32 Å². The highest BCUT2D eigenvalue weighted by molar-refractivity contribution is 7.13. The fourth-order valence-electron chi connectivity index (χ4n) is 3.14. The lowest BCUT2D eigenvalue weighted by atomic mass is 9.89. The van der Waals surface area contributed by atoms with Gasteiger partial charge in [-0.25, -0.2) is 4.79 Å². The van der Waals surface area contributed by atoms with Crippen molar-refractivity contribution in [3.8, 4) is 0 Å². The Kier molecular flexibility index (Phi) is 5.53. The molecule has 3 rings (SSSR count). The molecular formula is C20H23NO3S. The van der Waals surface area contributed by atoms with Crippen molar-refractivity contribution in [1.82, 2.24) is 5.32 Å². The van der Waals surface area contributed by atoms with Crippen molar-refractivity contribution in [3.05, 3.63) is 56.8 Å². The average molecular weight is 357 g/mol. The van der Waals surface area contributed by atoms with Gasteiger partial charge in [-0.1, -0.05) is 18.2 Å². The number of amides is 1. The molecule has 0 bridgehead atoms. The lowest BCUT2D eigenvalue weighted by Crippen LogP contribution is -2.31. The van der Waals surface area contributed by atoms with E-state index in [0.29, 0.717) is 4.88 Å². The summed E-state index contributed by atoms with van der Waals surface area (Å²) in [5, 5.41) is 2.90. The predicted molar refractivity (Wildman–Crippen MR) is 99.0 cm³/mol. The number of benzene rings is 1. The maximum atomic E-state index is 12.1. The minimum atomic E-state index is -0.449. The van der Waals surface area contributed by atoms with Crippen LogP contribution in [0, 0.1) is 6.92 Å². The summed E-state index contributed by atoms with van der Waals surface area (Å²) in [4.78, 5) is 25.5. The number of ether oxygens (including phenoxy) is 1. The van der Waals surface area contributed by atoms with Gasteiger partial charge in [-0.15, -0.1) is 11.3 Å². The first-order chi connectivity index (χ1) is 12.0. The van der Waals surface area contributed by atoms with E-state index in [1.54, 1.807) is 6.07 Å². The van der Waals surface area contributed by atoms with Crippen molar-refractivity contribution in [1.29, 1.82) is 0 Å². The molecular weight excluding hydrogens is 334 g/mol. The van der Waals surface area contributed by atoms with Crippen molar-refractivity contribution in [2.24, 2.45) is 0 Å². The maximum absolute atomic E-state index is 12.1. The molecule has 132 valence electrons. The molecule has 1 atom stereocenters. The second-order valence-electron chi connectivity index (χ2n) is 6.51. The molecule has 25 heavy (non-hydrogen) atoms.